The molecular formula is C23H31N5O2. The van der Waals surface area contributed by atoms with Crippen LogP contribution < -0.4 is 15.8 Å². The summed E-state index contributed by atoms with van der Waals surface area (Å²) in [6.07, 6.45) is 10.3. The number of aromatic amines is 1. The van der Waals surface area contributed by atoms with E-state index in [0.29, 0.717) is 24.8 Å². The SMILES string of the molecule is CCc1cc(=O)[nH]c(-c2ccc(N3CCCC(C(=O)NC4CCCCC4)C3)nc2)n1. The Hall–Kier alpha value is -2.70. The van der Waals surface area contributed by atoms with E-state index >= 15 is 0 Å². The van der Waals surface area contributed by atoms with E-state index in [1.165, 1.54) is 25.3 Å². The van der Waals surface area contributed by atoms with Gasteiger partial charge in [-0.15, -0.1) is 0 Å². The van der Waals surface area contributed by atoms with Crippen LogP contribution in [-0.2, 0) is 11.2 Å². The Balaban J connectivity index is 1.42. The van der Waals surface area contributed by atoms with Crippen molar-refractivity contribution in [3.63, 3.8) is 0 Å². The highest BCUT2D eigenvalue weighted by Gasteiger charge is 2.28. The van der Waals surface area contributed by atoms with Gasteiger partial charge in [0.15, 0.2) is 0 Å². The molecule has 30 heavy (non-hydrogen) atoms. The average molecular weight is 410 g/mol. The van der Waals surface area contributed by atoms with E-state index in [4.69, 9.17) is 0 Å². The van der Waals surface area contributed by atoms with Crippen LogP contribution in [0.5, 0.6) is 0 Å². The molecule has 0 bridgehead atoms. The van der Waals surface area contributed by atoms with Crippen LogP contribution in [0.4, 0.5) is 5.82 Å². The number of anilines is 1. The quantitative estimate of drug-likeness (QED) is 0.792. The maximum atomic E-state index is 12.8. The molecule has 2 N–H and O–H groups in total. The lowest BCUT2D eigenvalue weighted by Gasteiger charge is -2.34. The van der Waals surface area contributed by atoms with Crippen molar-refractivity contribution in [2.45, 2.75) is 64.3 Å². The number of amides is 1. The molecule has 2 aliphatic rings. The van der Waals surface area contributed by atoms with Gasteiger partial charge >= 0.3 is 0 Å². The number of carbonyl (C=O) groups excluding carboxylic acids is 1. The number of carbonyl (C=O) groups is 1. The minimum Gasteiger partial charge on any atom is -0.356 e. The molecule has 0 spiro atoms. The van der Waals surface area contributed by atoms with Crippen molar-refractivity contribution in [1.82, 2.24) is 20.3 Å². The van der Waals surface area contributed by atoms with E-state index in [2.05, 4.69) is 25.2 Å². The van der Waals surface area contributed by atoms with Crippen molar-refractivity contribution in [3.05, 3.63) is 40.4 Å². The van der Waals surface area contributed by atoms with Crippen molar-refractivity contribution in [1.29, 1.82) is 0 Å². The largest absolute Gasteiger partial charge is 0.356 e. The number of pyridine rings is 1. The maximum absolute atomic E-state index is 12.8. The van der Waals surface area contributed by atoms with Gasteiger partial charge < -0.3 is 15.2 Å². The van der Waals surface area contributed by atoms with Crippen LogP contribution in [0.2, 0.25) is 0 Å². The van der Waals surface area contributed by atoms with Gasteiger partial charge in [-0.05, 0) is 44.2 Å². The maximum Gasteiger partial charge on any atom is 0.251 e. The molecule has 2 aromatic rings. The van der Waals surface area contributed by atoms with Crippen LogP contribution in [-0.4, -0.2) is 40.0 Å². The van der Waals surface area contributed by atoms with Gasteiger partial charge in [0.25, 0.3) is 5.56 Å². The molecule has 1 aliphatic carbocycles. The van der Waals surface area contributed by atoms with E-state index in [1.807, 2.05) is 19.1 Å². The lowest BCUT2D eigenvalue weighted by atomic mass is 9.93. The standard InChI is InChI=1S/C23H31N5O2/c1-2-18-13-21(29)27-22(25-18)16-10-11-20(24-14-16)28-12-6-7-17(15-28)23(30)26-19-8-4-3-5-9-19/h10-11,13-14,17,19H,2-9,12,15H2,1H3,(H,26,30)(H,25,27,29). The number of hydrogen-bond acceptors (Lipinski definition) is 5. The molecule has 1 amide bonds. The zero-order chi connectivity index (χ0) is 20.9. The fourth-order valence-corrected chi connectivity index (χ4v) is 4.50. The number of aryl methyl sites for hydroxylation is 1. The van der Waals surface area contributed by atoms with Crippen LogP contribution in [0, 0.1) is 5.92 Å². The van der Waals surface area contributed by atoms with Gasteiger partial charge in [0, 0.05) is 42.7 Å². The zero-order valence-electron chi connectivity index (χ0n) is 17.7. The van der Waals surface area contributed by atoms with Crippen LogP contribution in [0.1, 0.15) is 57.6 Å². The summed E-state index contributed by atoms with van der Waals surface area (Å²) in [5.74, 6) is 1.62. The number of piperidine rings is 1. The molecule has 1 aliphatic heterocycles. The average Bonchev–Trinajstić information content (AvgIpc) is 2.79. The fraction of sp³-hybridized carbons (Fsp3) is 0.565. The second-order valence-electron chi connectivity index (χ2n) is 8.47. The fourth-order valence-electron chi connectivity index (χ4n) is 4.50. The van der Waals surface area contributed by atoms with E-state index in [-0.39, 0.29) is 17.4 Å². The van der Waals surface area contributed by atoms with E-state index in [1.54, 1.807) is 6.20 Å². The van der Waals surface area contributed by atoms with Gasteiger partial charge in [0.05, 0.1) is 5.92 Å². The molecule has 7 heteroatoms. The summed E-state index contributed by atoms with van der Waals surface area (Å²) in [6.45, 7) is 3.58. The number of rotatable bonds is 5. The molecule has 7 nitrogen and oxygen atoms in total. The summed E-state index contributed by atoms with van der Waals surface area (Å²) in [6, 6.07) is 5.77. The summed E-state index contributed by atoms with van der Waals surface area (Å²) < 4.78 is 0. The second kappa shape index (κ2) is 9.41. The molecule has 0 radical (unpaired) electrons. The molecule has 0 aromatic carbocycles. The van der Waals surface area contributed by atoms with E-state index in [0.717, 1.165) is 49.3 Å². The minimum absolute atomic E-state index is 0.0152. The molecule has 1 saturated carbocycles. The molecular weight excluding hydrogens is 378 g/mol. The number of aromatic nitrogens is 3. The van der Waals surface area contributed by atoms with Crippen LogP contribution in [0.3, 0.4) is 0 Å². The normalized spacial score (nSPS) is 20.2. The van der Waals surface area contributed by atoms with E-state index in [9.17, 15) is 9.59 Å². The molecule has 2 fully saturated rings. The first-order valence-electron chi connectivity index (χ1n) is 11.2. The summed E-state index contributed by atoms with van der Waals surface area (Å²) in [5.41, 5.74) is 1.40. The van der Waals surface area contributed by atoms with Crippen molar-refractivity contribution in [3.8, 4) is 11.4 Å². The van der Waals surface area contributed by atoms with Gasteiger partial charge in [-0.2, -0.15) is 0 Å². The second-order valence-corrected chi connectivity index (χ2v) is 8.47. The highest BCUT2D eigenvalue weighted by atomic mass is 16.2. The number of H-pyrrole nitrogens is 1. The highest BCUT2D eigenvalue weighted by molar-refractivity contribution is 5.80. The molecule has 2 aromatic heterocycles. The zero-order valence-corrected chi connectivity index (χ0v) is 17.7. The molecule has 1 unspecified atom stereocenters. The Morgan fingerprint density at radius 1 is 1.20 bits per heavy atom. The third kappa shape index (κ3) is 4.89. The number of hydrogen-bond donors (Lipinski definition) is 2. The van der Waals surface area contributed by atoms with E-state index < -0.39 is 0 Å². The summed E-state index contributed by atoms with van der Waals surface area (Å²) in [4.78, 5) is 38.7. The Kier molecular flexibility index (Phi) is 6.45. The predicted octanol–water partition coefficient (Wildman–Crippen LogP) is 3.06. The van der Waals surface area contributed by atoms with Crippen molar-refractivity contribution < 1.29 is 4.79 Å². The molecule has 4 rings (SSSR count). The van der Waals surface area contributed by atoms with Gasteiger partial charge in [-0.3, -0.25) is 9.59 Å². The molecule has 3 heterocycles. The van der Waals surface area contributed by atoms with Gasteiger partial charge in [0.2, 0.25) is 5.91 Å². The molecule has 1 saturated heterocycles. The van der Waals surface area contributed by atoms with Gasteiger partial charge in [-0.25, -0.2) is 9.97 Å². The third-order valence-electron chi connectivity index (χ3n) is 6.25. The minimum atomic E-state index is -0.149. The first kappa shape index (κ1) is 20.6. The predicted molar refractivity (Wildman–Crippen MR) is 117 cm³/mol. The number of nitrogens with zero attached hydrogens (tertiary/aromatic N) is 3. The summed E-state index contributed by atoms with van der Waals surface area (Å²) in [5, 5.41) is 3.28. The van der Waals surface area contributed by atoms with Crippen molar-refractivity contribution >= 4 is 11.7 Å². The van der Waals surface area contributed by atoms with Crippen molar-refractivity contribution in [2.75, 3.05) is 18.0 Å². The smallest absolute Gasteiger partial charge is 0.251 e. The first-order chi connectivity index (χ1) is 14.6. The lowest BCUT2D eigenvalue weighted by molar-refractivity contribution is -0.126. The highest BCUT2D eigenvalue weighted by Crippen LogP contribution is 2.24. The van der Waals surface area contributed by atoms with Crippen LogP contribution >= 0.6 is 0 Å². The van der Waals surface area contributed by atoms with Crippen LogP contribution in [0.15, 0.2) is 29.2 Å². The Morgan fingerprint density at radius 2 is 2.03 bits per heavy atom. The Morgan fingerprint density at radius 3 is 2.77 bits per heavy atom. The third-order valence-corrected chi connectivity index (χ3v) is 6.25. The monoisotopic (exact) mass is 409 g/mol. The van der Waals surface area contributed by atoms with Gasteiger partial charge in [-0.1, -0.05) is 26.2 Å². The molecule has 160 valence electrons. The lowest BCUT2D eigenvalue weighted by Crippen LogP contribution is -2.46. The first-order valence-corrected chi connectivity index (χ1v) is 11.2. The topological polar surface area (TPSA) is 91.0 Å². The van der Waals surface area contributed by atoms with Crippen molar-refractivity contribution in [2.24, 2.45) is 5.92 Å². The Bertz CT molecular complexity index is 918. The van der Waals surface area contributed by atoms with Gasteiger partial charge in [0.1, 0.15) is 11.6 Å². The Labute approximate surface area is 177 Å². The summed E-state index contributed by atoms with van der Waals surface area (Å²) in [7, 11) is 0. The number of nitrogens with one attached hydrogen (secondary N) is 2. The van der Waals surface area contributed by atoms with Crippen LogP contribution in [0.25, 0.3) is 11.4 Å². The summed E-state index contributed by atoms with van der Waals surface area (Å²) >= 11 is 0. The molecule has 1 atom stereocenters.